The number of hydrogen-bond acceptors (Lipinski definition) is 4. The van der Waals surface area contributed by atoms with Crippen LogP contribution in [0.2, 0.25) is 0 Å². The van der Waals surface area contributed by atoms with Crippen molar-refractivity contribution in [3.8, 4) is 0 Å². The smallest absolute Gasteiger partial charge is 0.243 e. The van der Waals surface area contributed by atoms with Gasteiger partial charge in [-0.1, -0.05) is 59.1 Å². The van der Waals surface area contributed by atoms with E-state index in [1.54, 1.807) is 24.3 Å². The molecule has 1 aromatic rings. The van der Waals surface area contributed by atoms with Crippen molar-refractivity contribution in [3.63, 3.8) is 0 Å². The summed E-state index contributed by atoms with van der Waals surface area (Å²) in [6, 6.07) is 5.97. The van der Waals surface area contributed by atoms with Crippen LogP contribution in [0.3, 0.4) is 0 Å². The molecule has 0 radical (unpaired) electrons. The summed E-state index contributed by atoms with van der Waals surface area (Å²) >= 11 is 0. The molecule has 0 aromatic heterocycles. The van der Waals surface area contributed by atoms with E-state index in [2.05, 4.69) is 10.6 Å². The predicted molar refractivity (Wildman–Crippen MR) is 122 cm³/mol. The number of amides is 2. The van der Waals surface area contributed by atoms with Gasteiger partial charge in [-0.3, -0.25) is 9.59 Å². The zero-order valence-electron chi connectivity index (χ0n) is 19.2. The Morgan fingerprint density at radius 3 is 2.13 bits per heavy atom. The van der Waals surface area contributed by atoms with Crippen LogP contribution in [0.1, 0.15) is 65.4 Å². The third-order valence-corrected chi connectivity index (χ3v) is 8.02. The number of carbonyl (C=O) groups is 2. The number of rotatable bonds is 10. The van der Waals surface area contributed by atoms with Gasteiger partial charge in [-0.05, 0) is 36.5 Å². The van der Waals surface area contributed by atoms with Gasteiger partial charge in [0.05, 0.1) is 4.90 Å². The van der Waals surface area contributed by atoms with Gasteiger partial charge in [-0.2, -0.15) is 4.31 Å². The van der Waals surface area contributed by atoms with E-state index in [1.807, 2.05) is 27.7 Å². The molecule has 2 N–H and O–H groups in total. The lowest BCUT2D eigenvalue weighted by Gasteiger charge is -2.26. The monoisotopic (exact) mass is 451 g/mol. The SMILES string of the molecule is CCN(CC)S(=O)(=O)c1ccc(CNC(=O)C(NC(=O)C2CCCCC2)C(C)C)cc1. The summed E-state index contributed by atoms with van der Waals surface area (Å²) in [5.74, 6) is -0.282. The fourth-order valence-corrected chi connectivity index (χ4v) is 5.42. The normalized spacial score (nSPS) is 16.3. The Labute approximate surface area is 187 Å². The Morgan fingerprint density at radius 1 is 1.03 bits per heavy atom. The zero-order valence-corrected chi connectivity index (χ0v) is 20.0. The third kappa shape index (κ3) is 6.77. The first-order valence-electron chi connectivity index (χ1n) is 11.4. The topological polar surface area (TPSA) is 95.6 Å². The molecule has 1 aliphatic carbocycles. The molecule has 8 heteroatoms. The summed E-state index contributed by atoms with van der Waals surface area (Å²) in [5.41, 5.74) is 0.799. The van der Waals surface area contributed by atoms with Crippen LogP contribution >= 0.6 is 0 Å². The minimum absolute atomic E-state index is 0.00287. The molecule has 1 fully saturated rings. The van der Waals surface area contributed by atoms with E-state index in [-0.39, 0.29) is 35.1 Å². The van der Waals surface area contributed by atoms with E-state index in [1.165, 1.54) is 10.7 Å². The van der Waals surface area contributed by atoms with Crippen molar-refractivity contribution < 1.29 is 18.0 Å². The van der Waals surface area contributed by atoms with Crippen LogP contribution in [-0.4, -0.2) is 43.7 Å². The highest BCUT2D eigenvalue weighted by Crippen LogP contribution is 2.24. The first-order valence-corrected chi connectivity index (χ1v) is 12.8. The maximum Gasteiger partial charge on any atom is 0.243 e. The lowest BCUT2D eigenvalue weighted by atomic mass is 9.88. The maximum atomic E-state index is 12.7. The number of carbonyl (C=O) groups excluding carboxylic acids is 2. The molecule has 0 heterocycles. The maximum absolute atomic E-state index is 12.7. The summed E-state index contributed by atoms with van der Waals surface area (Å²) in [4.78, 5) is 25.6. The van der Waals surface area contributed by atoms with E-state index in [0.717, 1.165) is 31.2 Å². The molecule has 1 aliphatic rings. The molecule has 31 heavy (non-hydrogen) atoms. The van der Waals surface area contributed by atoms with Crippen LogP contribution < -0.4 is 10.6 Å². The highest BCUT2D eigenvalue weighted by Gasteiger charge is 2.28. The summed E-state index contributed by atoms with van der Waals surface area (Å²) < 4.78 is 26.6. The van der Waals surface area contributed by atoms with E-state index in [9.17, 15) is 18.0 Å². The number of nitrogens with zero attached hydrogens (tertiary/aromatic N) is 1. The molecular weight excluding hydrogens is 414 g/mol. The molecule has 0 spiro atoms. The quantitative estimate of drug-likeness (QED) is 0.571. The number of benzene rings is 1. The van der Waals surface area contributed by atoms with E-state index >= 15 is 0 Å². The largest absolute Gasteiger partial charge is 0.350 e. The fourth-order valence-electron chi connectivity index (χ4n) is 3.96. The molecule has 1 saturated carbocycles. The van der Waals surface area contributed by atoms with Gasteiger partial charge in [0.1, 0.15) is 6.04 Å². The van der Waals surface area contributed by atoms with Crippen LogP contribution in [0.4, 0.5) is 0 Å². The fraction of sp³-hybridized carbons (Fsp3) is 0.652. The van der Waals surface area contributed by atoms with Gasteiger partial charge in [0.15, 0.2) is 0 Å². The number of sulfonamides is 1. The third-order valence-electron chi connectivity index (χ3n) is 5.96. The Bertz CT molecular complexity index is 827. The van der Waals surface area contributed by atoms with Crippen molar-refractivity contribution in [2.24, 2.45) is 11.8 Å². The van der Waals surface area contributed by atoms with Gasteiger partial charge in [0, 0.05) is 25.6 Å². The Kier molecular flexibility index (Phi) is 9.50. The Balaban J connectivity index is 1.97. The zero-order chi connectivity index (χ0) is 23.0. The van der Waals surface area contributed by atoms with Crippen molar-refractivity contribution >= 4 is 21.8 Å². The van der Waals surface area contributed by atoms with Crippen molar-refractivity contribution in [2.75, 3.05) is 13.1 Å². The van der Waals surface area contributed by atoms with Gasteiger partial charge in [0.2, 0.25) is 21.8 Å². The summed E-state index contributed by atoms with van der Waals surface area (Å²) in [7, 11) is -3.50. The minimum Gasteiger partial charge on any atom is -0.350 e. The van der Waals surface area contributed by atoms with Crippen molar-refractivity contribution in [1.29, 1.82) is 0 Å². The molecule has 2 rings (SSSR count). The first kappa shape index (κ1) is 25.3. The Morgan fingerprint density at radius 2 is 1.61 bits per heavy atom. The van der Waals surface area contributed by atoms with Crippen molar-refractivity contribution in [2.45, 2.75) is 77.3 Å². The number of hydrogen-bond donors (Lipinski definition) is 2. The molecule has 7 nitrogen and oxygen atoms in total. The van der Waals surface area contributed by atoms with Crippen LogP contribution in [0, 0.1) is 11.8 Å². The molecule has 174 valence electrons. The highest BCUT2D eigenvalue weighted by molar-refractivity contribution is 7.89. The lowest BCUT2D eigenvalue weighted by Crippen LogP contribution is -2.51. The summed E-state index contributed by atoms with van der Waals surface area (Å²) in [5, 5.41) is 5.82. The first-order chi connectivity index (χ1) is 14.7. The summed E-state index contributed by atoms with van der Waals surface area (Å²) in [6.45, 7) is 8.55. The van der Waals surface area contributed by atoms with Crippen molar-refractivity contribution in [1.82, 2.24) is 14.9 Å². The Hall–Kier alpha value is -1.93. The highest BCUT2D eigenvalue weighted by atomic mass is 32.2. The summed E-state index contributed by atoms with van der Waals surface area (Å²) in [6.07, 6.45) is 5.09. The van der Waals surface area contributed by atoms with Gasteiger partial charge in [-0.25, -0.2) is 8.42 Å². The average Bonchev–Trinajstić information content (AvgIpc) is 2.77. The molecule has 1 atom stereocenters. The van der Waals surface area contributed by atoms with Crippen molar-refractivity contribution in [3.05, 3.63) is 29.8 Å². The average molecular weight is 452 g/mol. The van der Waals surface area contributed by atoms with E-state index < -0.39 is 16.1 Å². The second-order valence-electron chi connectivity index (χ2n) is 8.52. The van der Waals surface area contributed by atoms with Crippen LogP contribution in [0.25, 0.3) is 0 Å². The van der Waals surface area contributed by atoms with Crippen LogP contribution in [-0.2, 0) is 26.2 Å². The minimum atomic E-state index is -3.50. The number of nitrogens with one attached hydrogen (secondary N) is 2. The van der Waals surface area contributed by atoms with Gasteiger partial charge < -0.3 is 10.6 Å². The molecule has 1 aromatic carbocycles. The second-order valence-corrected chi connectivity index (χ2v) is 10.5. The molecular formula is C23H37N3O4S. The van der Waals surface area contributed by atoms with Crippen LogP contribution in [0.15, 0.2) is 29.2 Å². The molecule has 0 aliphatic heterocycles. The van der Waals surface area contributed by atoms with E-state index in [0.29, 0.717) is 13.1 Å². The van der Waals surface area contributed by atoms with Gasteiger partial charge in [-0.15, -0.1) is 0 Å². The predicted octanol–water partition coefficient (Wildman–Crippen LogP) is 3.05. The molecule has 1 unspecified atom stereocenters. The molecule has 0 saturated heterocycles. The van der Waals surface area contributed by atoms with Crippen LogP contribution in [0.5, 0.6) is 0 Å². The van der Waals surface area contributed by atoms with E-state index in [4.69, 9.17) is 0 Å². The standard InChI is InChI=1S/C23H37N3O4S/c1-5-26(6-2)31(29,30)20-14-12-18(13-15-20)16-24-23(28)21(17(3)4)25-22(27)19-10-8-7-9-11-19/h12-15,17,19,21H,5-11,16H2,1-4H3,(H,24,28)(H,25,27). The van der Waals surface area contributed by atoms with Gasteiger partial charge >= 0.3 is 0 Å². The molecule has 0 bridgehead atoms. The molecule has 2 amide bonds. The second kappa shape index (κ2) is 11.6. The lowest BCUT2D eigenvalue weighted by molar-refractivity contribution is -0.132. The van der Waals surface area contributed by atoms with Gasteiger partial charge in [0.25, 0.3) is 0 Å².